The largest absolute Gasteiger partial charge is 0.494 e. The topological polar surface area (TPSA) is 117 Å². The number of nitrogens with two attached hydrogens (primary N) is 1. The van der Waals surface area contributed by atoms with Crippen LogP contribution in [0.1, 0.15) is 30.9 Å². The van der Waals surface area contributed by atoms with Crippen LogP contribution in [-0.2, 0) is 23.2 Å². The van der Waals surface area contributed by atoms with E-state index in [1.807, 2.05) is 22.8 Å². The molecule has 4 aromatic rings. The Labute approximate surface area is 218 Å². The summed E-state index contributed by atoms with van der Waals surface area (Å²) in [7, 11) is -2.38. The average molecular weight is 574 g/mol. The van der Waals surface area contributed by atoms with E-state index in [1.54, 1.807) is 25.3 Å². The Morgan fingerprint density at radius 3 is 2.42 bits per heavy atom. The highest BCUT2D eigenvalue weighted by atomic mass is 79.9. The standard InChI is InChI=1S/C26H28BrN3O5S/c1-16(2)17-8-10-18(11-9-17)26-29-24-23(27)19(14-21(34-3)25(24)30(26)12-13-31)15-35-20-6-4-5-7-22(20)36(28,32)33/h4-11,14,16,31H,12-13,15H2,1-3H3,(H2,28,32,33). The number of primary sulfonamides is 1. The predicted molar refractivity (Wildman–Crippen MR) is 143 cm³/mol. The van der Waals surface area contributed by atoms with Crippen LogP contribution < -0.4 is 14.6 Å². The van der Waals surface area contributed by atoms with Gasteiger partial charge in [-0.05, 0) is 45.6 Å². The van der Waals surface area contributed by atoms with Crippen molar-refractivity contribution in [2.45, 2.75) is 37.8 Å². The first kappa shape index (κ1) is 26.2. The van der Waals surface area contributed by atoms with Crippen LogP contribution in [0.4, 0.5) is 0 Å². The Hall–Kier alpha value is -2.92. The number of aliphatic hydroxyl groups is 1. The molecular formula is C26H28BrN3O5S. The molecule has 10 heteroatoms. The van der Waals surface area contributed by atoms with Gasteiger partial charge in [-0.2, -0.15) is 0 Å². The lowest BCUT2D eigenvalue weighted by Gasteiger charge is -2.14. The highest BCUT2D eigenvalue weighted by molar-refractivity contribution is 9.10. The molecule has 36 heavy (non-hydrogen) atoms. The highest BCUT2D eigenvalue weighted by Gasteiger charge is 2.22. The number of para-hydroxylation sites is 1. The zero-order valence-electron chi connectivity index (χ0n) is 20.2. The Morgan fingerprint density at radius 1 is 1.11 bits per heavy atom. The molecule has 3 aromatic carbocycles. The second-order valence-electron chi connectivity index (χ2n) is 8.62. The van der Waals surface area contributed by atoms with Gasteiger partial charge < -0.3 is 19.1 Å². The molecule has 0 bridgehead atoms. The molecule has 0 saturated heterocycles. The average Bonchev–Trinajstić information content (AvgIpc) is 3.23. The summed E-state index contributed by atoms with van der Waals surface area (Å²) >= 11 is 3.66. The SMILES string of the molecule is COc1cc(COc2ccccc2S(N)(=O)=O)c(Br)c2nc(-c3ccc(C(C)C)cc3)n(CCO)c12. The van der Waals surface area contributed by atoms with E-state index in [0.29, 0.717) is 39.6 Å². The second kappa shape index (κ2) is 10.6. The van der Waals surface area contributed by atoms with Crippen molar-refractivity contribution in [3.05, 3.63) is 70.2 Å². The van der Waals surface area contributed by atoms with Crippen LogP contribution in [0.15, 0.2) is 64.0 Å². The summed E-state index contributed by atoms with van der Waals surface area (Å²) in [6.07, 6.45) is 0. The molecule has 0 saturated carbocycles. The molecule has 0 spiro atoms. The van der Waals surface area contributed by atoms with Crippen molar-refractivity contribution in [1.29, 1.82) is 0 Å². The second-order valence-corrected chi connectivity index (χ2v) is 10.9. The lowest BCUT2D eigenvalue weighted by molar-refractivity contribution is 0.278. The van der Waals surface area contributed by atoms with Gasteiger partial charge in [0.25, 0.3) is 0 Å². The Balaban J connectivity index is 1.80. The molecule has 1 aromatic heterocycles. The molecule has 0 aliphatic rings. The molecule has 8 nitrogen and oxygen atoms in total. The molecule has 190 valence electrons. The zero-order valence-corrected chi connectivity index (χ0v) is 22.6. The van der Waals surface area contributed by atoms with Crippen molar-refractivity contribution in [1.82, 2.24) is 9.55 Å². The molecule has 0 aliphatic carbocycles. The first-order valence-electron chi connectivity index (χ1n) is 11.4. The van der Waals surface area contributed by atoms with E-state index < -0.39 is 10.0 Å². The first-order valence-corrected chi connectivity index (χ1v) is 13.7. The summed E-state index contributed by atoms with van der Waals surface area (Å²) in [5.41, 5.74) is 4.22. The van der Waals surface area contributed by atoms with E-state index in [4.69, 9.17) is 19.6 Å². The molecule has 3 N–H and O–H groups in total. The van der Waals surface area contributed by atoms with Crippen molar-refractivity contribution < 1.29 is 23.0 Å². The third-order valence-corrected chi connectivity index (χ3v) is 7.75. The number of ether oxygens (including phenoxy) is 2. The van der Waals surface area contributed by atoms with E-state index in [9.17, 15) is 13.5 Å². The number of aromatic nitrogens is 2. The van der Waals surface area contributed by atoms with Gasteiger partial charge in [0.1, 0.15) is 39.9 Å². The summed E-state index contributed by atoms with van der Waals surface area (Å²) in [5, 5.41) is 15.1. The number of hydrogen-bond acceptors (Lipinski definition) is 6. The van der Waals surface area contributed by atoms with Crippen LogP contribution in [0, 0.1) is 0 Å². The molecular weight excluding hydrogens is 546 g/mol. The number of aliphatic hydroxyl groups excluding tert-OH is 1. The van der Waals surface area contributed by atoms with Crippen LogP contribution in [-0.4, -0.2) is 36.8 Å². The monoisotopic (exact) mass is 573 g/mol. The van der Waals surface area contributed by atoms with Gasteiger partial charge in [-0.15, -0.1) is 0 Å². The fraction of sp³-hybridized carbons (Fsp3) is 0.269. The lowest BCUT2D eigenvalue weighted by Crippen LogP contribution is -2.14. The van der Waals surface area contributed by atoms with Crippen molar-refractivity contribution >= 4 is 37.0 Å². The minimum atomic E-state index is -3.94. The van der Waals surface area contributed by atoms with Crippen molar-refractivity contribution in [3.8, 4) is 22.9 Å². The van der Waals surface area contributed by atoms with Crippen molar-refractivity contribution in [2.24, 2.45) is 5.14 Å². The van der Waals surface area contributed by atoms with Gasteiger partial charge in [0.2, 0.25) is 10.0 Å². The molecule has 0 radical (unpaired) electrons. The number of fused-ring (bicyclic) bond motifs is 1. The summed E-state index contributed by atoms with van der Waals surface area (Å²) < 4.78 is 38.1. The Kier molecular flexibility index (Phi) is 7.70. The van der Waals surface area contributed by atoms with Crippen LogP contribution in [0.2, 0.25) is 0 Å². The van der Waals surface area contributed by atoms with Gasteiger partial charge in [-0.25, -0.2) is 18.5 Å². The smallest absolute Gasteiger partial charge is 0.241 e. The number of imidazole rings is 1. The summed E-state index contributed by atoms with van der Waals surface area (Å²) in [6.45, 7) is 4.59. The third-order valence-electron chi connectivity index (χ3n) is 5.91. The minimum absolute atomic E-state index is 0.0463. The van der Waals surface area contributed by atoms with E-state index in [2.05, 4.69) is 41.9 Å². The number of methoxy groups -OCH3 is 1. The fourth-order valence-corrected chi connectivity index (χ4v) is 5.25. The highest BCUT2D eigenvalue weighted by Crippen LogP contribution is 2.38. The van der Waals surface area contributed by atoms with E-state index in [0.717, 1.165) is 11.1 Å². The van der Waals surface area contributed by atoms with Gasteiger partial charge in [0.15, 0.2) is 0 Å². The molecule has 0 amide bonds. The molecule has 0 fully saturated rings. The van der Waals surface area contributed by atoms with Gasteiger partial charge in [0.05, 0.1) is 18.2 Å². The van der Waals surface area contributed by atoms with Crippen LogP contribution in [0.25, 0.3) is 22.4 Å². The molecule has 0 unspecified atom stereocenters. The van der Waals surface area contributed by atoms with E-state index in [1.165, 1.54) is 11.6 Å². The number of nitrogens with zero attached hydrogens (tertiary/aromatic N) is 2. The minimum Gasteiger partial charge on any atom is -0.494 e. The van der Waals surface area contributed by atoms with Crippen LogP contribution in [0.5, 0.6) is 11.5 Å². The predicted octanol–water partition coefficient (Wildman–Crippen LogP) is 4.82. The number of halogens is 1. The summed E-state index contributed by atoms with van der Waals surface area (Å²) in [6, 6.07) is 16.2. The van der Waals surface area contributed by atoms with Crippen molar-refractivity contribution in [2.75, 3.05) is 13.7 Å². The molecule has 0 atom stereocenters. The summed E-state index contributed by atoms with van der Waals surface area (Å²) in [4.78, 5) is 4.82. The Bertz CT molecular complexity index is 1500. The molecule has 4 rings (SSSR count). The van der Waals surface area contributed by atoms with Gasteiger partial charge in [0, 0.05) is 17.7 Å². The van der Waals surface area contributed by atoms with E-state index >= 15 is 0 Å². The molecule has 0 aliphatic heterocycles. The first-order chi connectivity index (χ1) is 17.2. The number of rotatable bonds is 9. The van der Waals surface area contributed by atoms with Gasteiger partial charge >= 0.3 is 0 Å². The normalized spacial score (nSPS) is 11.9. The Morgan fingerprint density at radius 2 is 1.81 bits per heavy atom. The van der Waals surface area contributed by atoms with Crippen LogP contribution in [0.3, 0.4) is 0 Å². The lowest BCUT2D eigenvalue weighted by atomic mass is 10.0. The van der Waals surface area contributed by atoms with Crippen molar-refractivity contribution in [3.63, 3.8) is 0 Å². The van der Waals surface area contributed by atoms with Gasteiger partial charge in [-0.3, -0.25) is 0 Å². The van der Waals surface area contributed by atoms with Gasteiger partial charge in [-0.1, -0.05) is 50.2 Å². The maximum absolute atomic E-state index is 11.9. The number of sulfonamides is 1. The third kappa shape index (κ3) is 5.12. The quantitative estimate of drug-likeness (QED) is 0.296. The fourth-order valence-electron chi connectivity index (χ4n) is 4.07. The van der Waals surface area contributed by atoms with Crippen LogP contribution >= 0.6 is 15.9 Å². The number of hydrogen-bond donors (Lipinski definition) is 2. The summed E-state index contributed by atoms with van der Waals surface area (Å²) in [5.74, 6) is 1.82. The zero-order chi connectivity index (χ0) is 26.0. The molecule has 1 heterocycles. The maximum atomic E-state index is 11.9. The van der Waals surface area contributed by atoms with E-state index in [-0.39, 0.29) is 23.9 Å². The number of benzene rings is 3. The maximum Gasteiger partial charge on any atom is 0.241 e.